The molecule has 172 valence electrons. The minimum atomic E-state index is 0.230. The molecule has 0 aliphatic heterocycles. The fraction of sp³-hybridized carbons (Fsp3) is 0.308. The molecule has 0 aliphatic carbocycles. The van der Waals surface area contributed by atoms with Crippen molar-refractivity contribution in [3.63, 3.8) is 0 Å². The third-order valence-electron chi connectivity index (χ3n) is 5.52. The van der Waals surface area contributed by atoms with Gasteiger partial charge < -0.3 is 10.1 Å². The first-order valence-corrected chi connectivity index (χ1v) is 13.2. The molecule has 0 fully saturated rings. The van der Waals surface area contributed by atoms with Crippen molar-refractivity contribution in [2.75, 3.05) is 25.4 Å². The lowest BCUT2D eigenvalue weighted by Crippen LogP contribution is -2.27. The zero-order valence-electron chi connectivity index (χ0n) is 18.9. The summed E-state index contributed by atoms with van der Waals surface area (Å²) in [6.07, 6.45) is 2.71. The molecule has 0 saturated heterocycles. The van der Waals surface area contributed by atoms with Gasteiger partial charge in [0.2, 0.25) is 0 Å². The highest BCUT2D eigenvalue weighted by atomic mass is 32.2. The lowest BCUT2D eigenvalue weighted by molar-refractivity contribution is 0.226. The molecule has 0 atom stereocenters. The van der Waals surface area contributed by atoms with Gasteiger partial charge in [0, 0.05) is 48.8 Å². The van der Waals surface area contributed by atoms with Crippen molar-refractivity contribution >= 4 is 34.6 Å². The highest BCUT2D eigenvalue weighted by Crippen LogP contribution is 2.28. The van der Waals surface area contributed by atoms with Crippen LogP contribution in [-0.4, -0.2) is 50.4 Å². The van der Waals surface area contributed by atoms with Crippen molar-refractivity contribution < 1.29 is 5.11 Å². The lowest BCUT2D eigenvalue weighted by Gasteiger charge is -2.22. The lowest BCUT2D eigenvalue weighted by atomic mass is 10.2. The third-order valence-corrected chi connectivity index (χ3v) is 7.54. The molecular formula is C26H30N4OS2. The van der Waals surface area contributed by atoms with Gasteiger partial charge in [0.25, 0.3) is 0 Å². The second kappa shape index (κ2) is 12.2. The maximum atomic E-state index is 9.28. The number of aromatic nitrogens is 3. The number of aliphatic hydroxyl groups excluding tert-OH is 1. The Morgan fingerprint density at radius 1 is 0.970 bits per heavy atom. The number of pyridine rings is 1. The van der Waals surface area contributed by atoms with Crippen LogP contribution in [0.5, 0.6) is 0 Å². The SMILES string of the molecule is Cc1c(SCCN(CCCO)Cc2ccccc2)ccnc1CSc1nc2ccccc2[nH]1. The molecule has 0 unspecified atom stereocenters. The summed E-state index contributed by atoms with van der Waals surface area (Å²) in [7, 11) is 0. The Balaban J connectivity index is 1.33. The molecule has 0 bridgehead atoms. The van der Waals surface area contributed by atoms with Gasteiger partial charge in [-0.3, -0.25) is 9.88 Å². The van der Waals surface area contributed by atoms with E-state index in [0.717, 1.165) is 59.4 Å². The summed E-state index contributed by atoms with van der Waals surface area (Å²) in [5.41, 5.74) is 5.72. The number of rotatable bonds is 12. The van der Waals surface area contributed by atoms with Gasteiger partial charge in [0.05, 0.1) is 16.7 Å². The van der Waals surface area contributed by atoms with Gasteiger partial charge in [0.15, 0.2) is 5.16 Å². The summed E-state index contributed by atoms with van der Waals surface area (Å²) in [4.78, 5) is 16.4. The molecule has 5 nitrogen and oxygen atoms in total. The van der Waals surface area contributed by atoms with E-state index in [2.05, 4.69) is 63.2 Å². The van der Waals surface area contributed by atoms with E-state index in [1.165, 1.54) is 16.0 Å². The molecule has 0 amide bonds. The van der Waals surface area contributed by atoms with Gasteiger partial charge in [-0.1, -0.05) is 54.2 Å². The minimum Gasteiger partial charge on any atom is -0.396 e. The van der Waals surface area contributed by atoms with Gasteiger partial charge in [0.1, 0.15) is 0 Å². The normalized spacial score (nSPS) is 11.5. The van der Waals surface area contributed by atoms with E-state index in [1.807, 2.05) is 42.2 Å². The maximum Gasteiger partial charge on any atom is 0.166 e. The van der Waals surface area contributed by atoms with Crippen LogP contribution in [0.1, 0.15) is 23.2 Å². The van der Waals surface area contributed by atoms with Crippen LogP contribution in [0.2, 0.25) is 0 Å². The first-order valence-electron chi connectivity index (χ1n) is 11.2. The summed E-state index contributed by atoms with van der Waals surface area (Å²) in [6, 6.07) is 20.8. The number of thioether (sulfide) groups is 2. The molecule has 4 rings (SSSR count). The van der Waals surface area contributed by atoms with Crippen molar-refractivity contribution in [3.05, 3.63) is 83.7 Å². The van der Waals surface area contributed by atoms with Gasteiger partial charge in [-0.15, -0.1) is 11.8 Å². The van der Waals surface area contributed by atoms with Crippen molar-refractivity contribution in [1.29, 1.82) is 0 Å². The topological polar surface area (TPSA) is 65.0 Å². The number of nitrogens with one attached hydrogen (secondary N) is 1. The number of hydrogen-bond acceptors (Lipinski definition) is 6. The monoisotopic (exact) mass is 478 g/mol. The molecule has 0 saturated carbocycles. The number of aromatic amines is 1. The Labute approximate surface area is 204 Å². The number of benzene rings is 2. The van der Waals surface area contributed by atoms with Crippen LogP contribution in [0, 0.1) is 6.92 Å². The van der Waals surface area contributed by atoms with Crippen molar-refractivity contribution in [2.24, 2.45) is 0 Å². The van der Waals surface area contributed by atoms with E-state index in [0.29, 0.717) is 0 Å². The molecule has 2 aromatic heterocycles. The summed E-state index contributed by atoms with van der Waals surface area (Å²) in [6.45, 7) is 5.19. The smallest absolute Gasteiger partial charge is 0.166 e. The number of para-hydroxylation sites is 2. The second-order valence-corrected chi connectivity index (χ2v) is 10.0. The summed E-state index contributed by atoms with van der Waals surface area (Å²) in [5, 5.41) is 10.2. The average Bonchev–Trinajstić information content (AvgIpc) is 3.26. The largest absolute Gasteiger partial charge is 0.396 e. The Hall–Kier alpha value is -2.32. The molecule has 0 spiro atoms. The van der Waals surface area contributed by atoms with Crippen molar-refractivity contribution in [2.45, 2.75) is 35.7 Å². The minimum absolute atomic E-state index is 0.230. The van der Waals surface area contributed by atoms with Gasteiger partial charge in [-0.2, -0.15) is 0 Å². The predicted molar refractivity (Wildman–Crippen MR) is 139 cm³/mol. The molecule has 33 heavy (non-hydrogen) atoms. The summed E-state index contributed by atoms with van der Waals surface area (Å²) >= 11 is 3.57. The molecule has 2 aromatic carbocycles. The maximum absolute atomic E-state index is 9.28. The predicted octanol–water partition coefficient (Wildman–Crippen LogP) is 5.54. The van der Waals surface area contributed by atoms with E-state index < -0.39 is 0 Å². The Kier molecular flexibility index (Phi) is 8.83. The quantitative estimate of drug-likeness (QED) is 0.261. The number of aliphatic hydroxyl groups is 1. The number of H-pyrrole nitrogens is 1. The van der Waals surface area contributed by atoms with Gasteiger partial charge >= 0.3 is 0 Å². The van der Waals surface area contributed by atoms with Crippen LogP contribution in [0.25, 0.3) is 11.0 Å². The first kappa shape index (κ1) is 23.8. The third kappa shape index (κ3) is 6.84. The van der Waals surface area contributed by atoms with E-state index in [9.17, 15) is 5.11 Å². The summed E-state index contributed by atoms with van der Waals surface area (Å²) < 4.78 is 0. The van der Waals surface area contributed by atoms with Crippen LogP contribution in [0.4, 0.5) is 0 Å². The molecular weight excluding hydrogens is 448 g/mol. The molecule has 7 heteroatoms. The van der Waals surface area contributed by atoms with Crippen LogP contribution in [0.15, 0.2) is 76.9 Å². The molecule has 2 heterocycles. The molecule has 0 radical (unpaired) electrons. The zero-order valence-corrected chi connectivity index (χ0v) is 20.5. The number of imidazole rings is 1. The summed E-state index contributed by atoms with van der Waals surface area (Å²) in [5.74, 6) is 1.79. The highest BCUT2D eigenvalue weighted by molar-refractivity contribution is 7.99. The van der Waals surface area contributed by atoms with E-state index in [-0.39, 0.29) is 6.61 Å². The van der Waals surface area contributed by atoms with Gasteiger partial charge in [-0.25, -0.2) is 4.98 Å². The number of nitrogens with zero attached hydrogens (tertiary/aromatic N) is 3. The van der Waals surface area contributed by atoms with Crippen molar-refractivity contribution in [1.82, 2.24) is 19.9 Å². The number of fused-ring (bicyclic) bond motifs is 1. The fourth-order valence-electron chi connectivity index (χ4n) is 3.69. The Morgan fingerprint density at radius 2 is 1.79 bits per heavy atom. The van der Waals surface area contributed by atoms with Crippen molar-refractivity contribution in [3.8, 4) is 0 Å². The van der Waals surface area contributed by atoms with Crippen LogP contribution in [0.3, 0.4) is 0 Å². The highest BCUT2D eigenvalue weighted by Gasteiger charge is 2.11. The van der Waals surface area contributed by atoms with E-state index >= 15 is 0 Å². The van der Waals surface area contributed by atoms with Crippen LogP contribution in [-0.2, 0) is 12.3 Å². The Morgan fingerprint density at radius 3 is 2.61 bits per heavy atom. The molecule has 4 aromatic rings. The first-order chi connectivity index (χ1) is 16.2. The molecule has 0 aliphatic rings. The Bertz CT molecular complexity index is 1120. The average molecular weight is 479 g/mol. The fourth-order valence-corrected chi connectivity index (χ4v) is 5.66. The van der Waals surface area contributed by atoms with Crippen LogP contribution >= 0.6 is 23.5 Å². The zero-order chi connectivity index (χ0) is 22.9. The second-order valence-electron chi connectivity index (χ2n) is 7.92. The van der Waals surface area contributed by atoms with E-state index in [1.54, 1.807) is 11.8 Å². The van der Waals surface area contributed by atoms with Gasteiger partial charge in [-0.05, 0) is 42.7 Å². The standard InChI is InChI=1S/C26H30N4OS2/c1-20-24(19-33-26-28-22-10-5-6-11-23(22)29-26)27-13-12-25(20)32-17-15-30(14-7-16-31)18-21-8-3-2-4-9-21/h2-6,8-13,31H,7,14-19H2,1H3,(H,28,29). The van der Waals surface area contributed by atoms with Crippen LogP contribution < -0.4 is 0 Å². The molecule has 2 N–H and O–H groups in total. The number of hydrogen-bond donors (Lipinski definition) is 2. The van der Waals surface area contributed by atoms with E-state index in [4.69, 9.17) is 0 Å².